The van der Waals surface area contributed by atoms with Crippen molar-refractivity contribution in [3.63, 3.8) is 0 Å². The van der Waals surface area contributed by atoms with Crippen LogP contribution < -0.4 is 15.4 Å². The highest BCUT2D eigenvalue weighted by molar-refractivity contribution is 7.97. The molecular formula is C30H31F2N5OS. The van der Waals surface area contributed by atoms with Gasteiger partial charge >= 0.3 is 0 Å². The minimum atomic E-state index is -0.660. The molecule has 6 nitrogen and oxygen atoms in total. The van der Waals surface area contributed by atoms with E-state index in [1.165, 1.54) is 12.1 Å². The van der Waals surface area contributed by atoms with Crippen LogP contribution in [0.25, 0.3) is 5.57 Å². The summed E-state index contributed by atoms with van der Waals surface area (Å²) in [5.74, 6) is 0.859. The Balaban J connectivity index is 1.67. The molecule has 0 saturated carbocycles. The van der Waals surface area contributed by atoms with Crippen LogP contribution in [0.4, 0.5) is 26.0 Å². The number of hydrogen-bond acceptors (Lipinski definition) is 7. The summed E-state index contributed by atoms with van der Waals surface area (Å²) in [7, 11) is 0. The van der Waals surface area contributed by atoms with E-state index in [4.69, 9.17) is 14.7 Å². The minimum absolute atomic E-state index is 0.0388. The third-order valence-electron chi connectivity index (χ3n) is 5.85. The summed E-state index contributed by atoms with van der Waals surface area (Å²) >= 11 is 1.69. The average Bonchev–Trinajstić information content (AvgIpc) is 2.93. The maximum Gasteiger partial charge on any atom is 0.161 e. The van der Waals surface area contributed by atoms with Crippen LogP contribution in [0.3, 0.4) is 0 Å². The molecule has 0 fully saturated rings. The molecule has 0 unspecified atom stereocenters. The molecule has 0 saturated heterocycles. The Kier molecular flexibility index (Phi) is 9.85. The molecule has 0 bridgehead atoms. The quantitative estimate of drug-likeness (QED) is 0.189. The van der Waals surface area contributed by atoms with E-state index in [0.29, 0.717) is 23.9 Å². The van der Waals surface area contributed by atoms with Crippen molar-refractivity contribution in [3.05, 3.63) is 107 Å². The lowest BCUT2D eigenvalue weighted by molar-refractivity contribution is 0.335. The van der Waals surface area contributed by atoms with Gasteiger partial charge in [0.2, 0.25) is 0 Å². The highest BCUT2D eigenvalue weighted by Gasteiger charge is 2.17. The van der Waals surface area contributed by atoms with E-state index >= 15 is 0 Å². The lowest BCUT2D eigenvalue weighted by Gasteiger charge is -2.17. The first kappa shape index (κ1) is 28.0. The van der Waals surface area contributed by atoms with Crippen LogP contribution >= 0.6 is 11.8 Å². The fourth-order valence-electron chi connectivity index (χ4n) is 4.06. The van der Waals surface area contributed by atoms with E-state index in [1.54, 1.807) is 31.1 Å². The summed E-state index contributed by atoms with van der Waals surface area (Å²) < 4.78 is 34.7. The van der Waals surface area contributed by atoms with Crippen LogP contribution in [0.15, 0.2) is 73.2 Å². The molecule has 0 atom stereocenters. The van der Waals surface area contributed by atoms with Gasteiger partial charge in [-0.1, -0.05) is 31.2 Å². The van der Waals surface area contributed by atoms with Gasteiger partial charge in [-0.25, -0.2) is 18.7 Å². The number of para-hydroxylation sites is 1. The Morgan fingerprint density at radius 2 is 1.79 bits per heavy atom. The topological polar surface area (TPSA) is 72.0 Å². The Morgan fingerprint density at radius 1 is 1.05 bits per heavy atom. The largest absolute Gasteiger partial charge is 0.494 e. The van der Waals surface area contributed by atoms with Gasteiger partial charge in [0.25, 0.3) is 0 Å². The third kappa shape index (κ3) is 7.11. The standard InChI is InChI=1S/C30H31F2N5OS/c1-4-8-24(30-35-17-20(19-39-3)29(37-30)36-21-11-13-33-14-12-21)23-9-6-7-10-28(23)34-18-25-26(31)15-22(38-5-2)16-27(25)32/h6-17,34H,4-5,18-19H2,1-3H3,(H,33,35,36,37)/b24-8-. The molecule has 0 spiro atoms. The summed E-state index contributed by atoms with van der Waals surface area (Å²) in [6, 6.07) is 13.8. The molecule has 0 aliphatic heterocycles. The van der Waals surface area contributed by atoms with Crippen molar-refractivity contribution in [1.82, 2.24) is 15.0 Å². The van der Waals surface area contributed by atoms with Crippen LogP contribution in [0.5, 0.6) is 5.75 Å². The second-order valence-corrected chi connectivity index (χ2v) is 9.45. The number of aromatic nitrogens is 3. The smallest absolute Gasteiger partial charge is 0.161 e. The Hall–Kier alpha value is -3.98. The molecule has 39 heavy (non-hydrogen) atoms. The van der Waals surface area contributed by atoms with Crippen molar-refractivity contribution in [2.24, 2.45) is 0 Å². The van der Waals surface area contributed by atoms with Gasteiger partial charge in [-0.05, 0) is 37.8 Å². The van der Waals surface area contributed by atoms with E-state index < -0.39 is 11.6 Å². The fraction of sp³-hybridized carbons (Fsp3) is 0.233. The summed E-state index contributed by atoms with van der Waals surface area (Å²) in [5.41, 5.74) is 4.16. The second-order valence-electron chi connectivity index (χ2n) is 8.59. The minimum Gasteiger partial charge on any atom is -0.494 e. The zero-order valence-electron chi connectivity index (χ0n) is 22.2. The van der Waals surface area contributed by atoms with Crippen molar-refractivity contribution in [2.45, 2.75) is 32.6 Å². The van der Waals surface area contributed by atoms with Crippen molar-refractivity contribution >= 4 is 34.5 Å². The van der Waals surface area contributed by atoms with E-state index in [0.717, 1.165) is 34.6 Å². The van der Waals surface area contributed by atoms with E-state index in [-0.39, 0.29) is 17.9 Å². The lowest BCUT2D eigenvalue weighted by Crippen LogP contribution is -2.09. The number of nitrogens with one attached hydrogen (secondary N) is 2. The third-order valence-corrected chi connectivity index (χ3v) is 6.45. The predicted octanol–water partition coefficient (Wildman–Crippen LogP) is 7.61. The molecule has 0 aliphatic carbocycles. The molecule has 0 aliphatic rings. The van der Waals surface area contributed by atoms with Crippen LogP contribution in [-0.4, -0.2) is 27.8 Å². The normalized spacial score (nSPS) is 11.4. The van der Waals surface area contributed by atoms with E-state index in [9.17, 15) is 8.78 Å². The number of thioether (sulfide) groups is 1. The number of nitrogens with zero attached hydrogens (tertiary/aromatic N) is 3. The number of rotatable bonds is 12. The number of benzene rings is 2. The maximum atomic E-state index is 14.7. The highest BCUT2D eigenvalue weighted by atomic mass is 32.2. The molecule has 0 amide bonds. The van der Waals surface area contributed by atoms with Gasteiger partial charge < -0.3 is 15.4 Å². The Labute approximate surface area is 232 Å². The molecule has 4 rings (SSSR count). The number of allylic oxidation sites excluding steroid dienone is 1. The SMILES string of the molecule is CC/C=C(\c1ncc(CSC)c(Nc2ccncc2)n1)c1ccccc1NCc1c(F)cc(OCC)cc1F. The molecule has 2 aromatic heterocycles. The van der Waals surface area contributed by atoms with Gasteiger partial charge in [0.05, 0.1) is 6.61 Å². The monoisotopic (exact) mass is 547 g/mol. The zero-order chi connectivity index (χ0) is 27.6. The molecule has 202 valence electrons. The van der Waals surface area contributed by atoms with Crippen molar-refractivity contribution < 1.29 is 13.5 Å². The number of ether oxygens (including phenoxy) is 1. The number of anilines is 3. The van der Waals surface area contributed by atoms with Crippen LogP contribution in [0.2, 0.25) is 0 Å². The van der Waals surface area contributed by atoms with Crippen molar-refractivity contribution in [2.75, 3.05) is 23.5 Å². The average molecular weight is 548 g/mol. The van der Waals surface area contributed by atoms with E-state index in [2.05, 4.69) is 21.7 Å². The summed E-state index contributed by atoms with van der Waals surface area (Å²) in [5, 5.41) is 6.61. The first-order valence-electron chi connectivity index (χ1n) is 12.7. The zero-order valence-corrected chi connectivity index (χ0v) is 23.0. The lowest BCUT2D eigenvalue weighted by atomic mass is 10.0. The molecular weight excluding hydrogens is 516 g/mol. The number of halogens is 2. The van der Waals surface area contributed by atoms with Crippen molar-refractivity contribution in [1.29, 1.82) is 0 Å². The Morgan fingerprint density at radius 3 is 2.49 bits per heavy atom. The van der Waals surface area contributed by atoms with E-state index in [1.807, 2.05) is 55.8 Å². The fourth-order valence-corrected chi connectivity index (χ4v) is 4.58. The highest BCUT2D eigenvalue weighted by Crippen LogP contribution is 2.31. The maximum absolute atomic E-state index is 14.7. The van der Waals surface area contributed by atoms with Crippen LogP contribution in [-0.2, 0) is 12.3 Å². The van der Waals surface area contributed by atoms with Gasteiger partial charge in [-0.2, -0.15) is 11.8 Å². The van der Waals surface area contributed by atoms with Gasteiger partial charge in [0.15, 0.2) is 5.82 Å². The van der Waals surface area contributed by atoms with Crippen LogP contribution in [0, 0.1) is 11.6 Å². The first-order chi connectivity index (χ1) is 19.0. The predicted molar refractivity (Wildman–Crippen MR) is 155 cm³/mol. The molecule has 4 aromatic rings. The van der Waals surface area contributed by atoms with Crippen LogP contribution in [0.1, 0.15) is 42.8 Å². The summed E-state index contributed by atoms with van der Waals surface area (Å²) in [4.78, 5) is 13.7. The Bertz CT molecular complexity index is 1410. The molecule has 9 heteroatoms. The molecule has 2 heterocycles. The second kappa shape index (κ2) is 13.7. The molecule has 2 aromatic carbocycles. The number of hydrogen-bond donors (Lipinski definition) is 2. The molecule has 2 N–H and O–H groups in total. The van der Waals surface area contributed by atoms with Gasteiger partial charge in [-0.15, -0.1) is 0 Å². The van der Waals surface area contributed by atoms with Crippen molar-refractivity contribution in [3.8, 4) is 5.75 Å². The van der Waals surface area contributed by atoms with Gasteiger partial charge in [-0.3, -0.25) is 4.98 Å². The van der Waals surface area contributed by atoms with Gasteiger partial charge in [0, 0.05) is 76.7 Å². The molecule has 0 radical (unpaired) electrons. The number of pyridine rings is 1. The summed E-state index contributed by atoms with van der Waals surface area (Å²) in [6.07, 6.45) is 10.1. The summed E-state index contributed by atoms with van der Waals surface area (Å²) in [6.45, 7) is 4.10. The van der Waals surface area contributed by atoms with Gasteiger partial charge in [0.1, 0.15) is 23.2 Å². The first-order valence-corrected chi connectivity index (χ1v) is 14.1.